The van der Waals surface area contributed by atoms with Gasteiger partial charge >= 0.3 is 0 Å². The number of hydrogen-bond acceptors (Lipinski definition) is 7. The Bertz CT molecular complexity index is 1340. The normalized spacial score (nSPS) is 23.1. The number of likely N-dealkylation sites (tertiary alicyclic amines) is 1. The number of benzene rings is 2. The summed E-state index contributed by atoms with van der Waals surface area (Å²) in [6.07, 6.45) is 7.42. The van der Waals surface area contributed by atoms with Crippen molar-refractivity contribution < 1.29 is 14.3 Å². The molecule has 3 aliphatic heterocycles. The van der Waals surface area contributed by atoms with E-state index in [0.29, 0.717) is 37.2 Å². The molecule has 1 unspecified atom stereocenters. The van der Waals surface area contributed by atoms with E-state index >= 15 is 0 Å². The van der Waals surface area contributed by atoms with Gasteiger partial charge in [-0.05, 0) is 88.8 Å². The number of nitrogens with zero attached hydrogens (tertiary/aromatic N) is 4. The fourth-order valence-corrected chi connectivity index (χ4v) is 7.05. The maximum atomic E-state index is 14.4. The van der Waals surface area contributed by atoms with Crippen LogP contribution in [0.25, 0.3) is 0 Å². The molecule has 3 aliphatic rings. The number of carbonyl (C=O) groups is 2. The van der Waals surface area contributed by atoms with Crippen molar-refractivity contribution in [2.75, 3.05) is 39.3 Å². The monoisotopic (exact) mass is 664 g/mol. The van der Waals surface area contributed by atoms with Gasteiger partial charge in [-0.3, -0.25) is 9.59 Å². The molecule has 9 nitrogen and oxygen atoms in total. The third kappa shape index (κ3) is 9.71. The van der Waals surface area contributed by atoms with Gasteiger partial charge in [-0.2, -0.15) is 0 Å². The topological polar surface area (TPSA) is 89.5 Å². The molecule has 0 radical (unpaired) electrons. The fourth-order valence-electron chi connectivity index (χ4n) is 6.84. The molecule has 0 saturated carbocycles. The summed E-state index contributed by atoms with van der Waals surface area (Å²) in [6.45, 7) is 11.4. The molecule has 0 spiro atoms. The number of nitrogens with one attached hydrogen (secondary N) is 2. The Balaban J connectivity index is 1.29. The van der Waals surface area contributed by atoms with Crippen LogP contribution in [0.1, 0.15) is 82.9 Å². The Morgan fingerprint density at radius 2 is 1.81 bits per heavy atom. The number of hydrogen-bond donors (Lipinski definition) is 2. The number of amides is 2. The predicted octanol–water partition coefficient (Wildman–Crippen LogP) is 5.40. The van der Waals surface area contributed by atoms with Gasteiger partial charge < -0.3 is 30.1 Å². The average molecular weight is 665 g/mol. The Morgan fingerprint density at radius 3 is 2.55 bits per heavy atom. The number of piperidine rings is 1. The molecule has 5 rings (SSSR count). The first-order valence-corrected chi connectivity index (χ1v) is 18.1. The summed E-state index contributed by atoms with van der Waals surface area (Å²) in [4.78, 5) is 39.6. The minimum Gasteiger partial charge on any atom is -0.455 e. The van der Waals surface area contributed by atoms with E-state index in [1.165, 1.54) is 32.4 Å². The number of ether oxygens (including phenoxy) is 1. The molecule has 2 aromatic rings. The number of unbranched alkanes of at least 4 members (excludes halogenated alkanes) is 1. The van der Waals surface area contributed by atoms with Crippen LogP contribution in [0.4, 0.5) is 0 Å². The highest BCUT2D eigenvalue weighted by atomic mass is 35.5. The van der Waals surface area contributed by atoms with Crippen LogP contribution in [-0.4, -0.2) is 96.0 Å². The van der Waals surface area contributed by atoms with Crippen molar-refractivity contribution in [2.24, 2.45) is 4.99 Å². The van der Waals surface area contributed by atoms with E-state index in [-0.39, 0.29) is 36.0 Å². The molecular weight excluding hydrogens is 612 g/mol. The van der Waals surface area contributed by atoms with Crippen LogP contribution in [0.3, 0.4) is 0 Å². The van der Waals surface area contributed by atoms with Crippen molar-refractivity contribution in [3.63, 3.8) is 0 Å². The van der Waals surface area contributed by atoms with Gasteiger partial charge in [0.15, 0.2) is 0 Å². The van der Waals surface area contributed by atoms with Gasteiger partial charge in [-0.1, -0.05) is 73.8 Å². The molecule has 0 aromatic heterocycles. The highest BCUT2D eigenvalue weighted by Crippen LogP contribution is 2.30. The van der Waals surface area contributed by atoms with Gasteiger partial charge in [-0.15, -0.1) is 0 Å². The van der Waals surface area contributed by atoms with Gasteiger partial charge in [-0.25, -0.2) is 4.99 Å². The maximum Gasteiger partial charge on any atom is 0.288 e. The lowest BCUT2D eigenvalue weighted by atomic mass is 10.0. The number of halogens is 1. The van der Waals surface area contributed by atoms with Gasteiger partial charge in [0, 0.05) is 30.7 Å². The van der Waals surface area contributed by atoms with Crippen molar-refractivity contribution in [2.45, 2.75) is 103 Å². The summed E-state index contributed by atoms with van der Waals surface area (Å²) in [7, 11) is 0. The van der Waals surface area contributed by atoms with Crippen molar-refractivity contribution in [1.29, 1.82) is 0 Å². The SMILES string of the molecule is CCC(C)N[C@H](CCCCN1CCCCC1)C(=O)N1CCN(C2=N[C@@H](C)[C@H](c3ccccc3)O2)C[C@H]1C(=O)NCc1cccc(Cl)c1. The van der Waals surface area contributed by atoms with E-state index in [0.717, 1.165) is 43.4 Å². The number of rotatable bonds is 13. The van der Waals surface area contributed by atoms with Gasteiger partial charge in [0.25, 0.3) is 6.02 Å². The van der Waals surface area contributed by atoms with E-state index in [2.05, 4.69) is 48.4 Å². The minimum absolute atomic E-state index is 0.00404. The first kappa shape index (κ1) is 35.2. The van der Waals surface area contributed by atoms with Crippen LogP contribution in [0.15, 0.2) is 59.6 Å². The van der Waals surface area contributed by atoms with Gasteiger partial charge in [0.05, 0.1) is 18.6 Å². The quantitative estimate of drug-likeness (QED) is 0.279. The van der Waals surface area contributed by atoms with E-state index in [1.54, 1.807) is 4.90 Å². The van der Waals surface area contributed by atoms with Crippen LogP contribution in [0.5, 0.6) is 0 Å². The van der Waals surface area contributed by atoms with Crippen LogP contribution < -0.4 is 10.6 Å². The van der Waals surface area contributed by atoms with E-state index in [1.807, 2.05) is 47.4 Å². The lowest BCUT2D eigenvalue weighted by molar-refractivity contribution is -0.145. The van der Waals surface area contributed by atoms with E-state index < -0.39 is 6.04 Å². The molecule has 47 heavy (non-hydrogen) atoms. The lowest BCUT2D eigenvalue weighted by Crippen LogP contribution is -2.64. The highest BCUT2D eigenvalue weighted by molar-refractivity contribution is 6.30. The summed E-state index contributed by atoms with van der Waals surface area (Å²) in [5, 5.41) is 7.32. The van der Waals surface area contributed by atoms with Crippen LogP contribution in [-0.2, 0) is 20.9 Å². The van der Waals surface area contributed by atoms with Crippen LogP contribution in [0, 0.1) is 0 Å². The zero-order valence-corrected chi connectivity index (χ0v) is 29.1. The van der Waals surface area contributed by atoms with Gasteiger partial charge in [0.2, 0.25) is 11.8 Å². The summed E-state index contributed by atoms with van der Waals surface area (Å²) in [5.41, 5.74) is 1.98. The second-order valence-corrected chi connectivity index (χ2v) is 13.8. The van der Waals surface area contributed by atoms with Crippen molar-refractivity contribution >= 4 is 29.4 Å². The molecule has 3 heterocycles. The first-order valence-electron chi connectivity index (χ1n) is 17.7. The zero-order chi connectivity index (χ0) is 33.2. The van der Waals surface area contributed by atoms with E-state index in [4.69, 9.17) is 21.3 Å². The number of piperazine rings is 1. The predicted molar refractivity (Wildman–Crippen MR) is 188 cm³/mol. The molecule has 2 N–H and O–H groups in total. The molecule has 2 saturated heterocycles. The molecule has 0 aliphatic carbocycles. The van der Waals surface area contributed by atoms with Crippen molar-refractivity contribution in [1.82, 2.24) is 25.3 Å². The number of carbonyl (C=O) groups excluding carboxylic acids is 2. The molecule has 10 heteroatoms. The minimum atomic E-state index is -0.692. The van der Waals surface area contributed by atoms with Gasteiger partial charge in [0.1, 0.15) is 12.1 Å². The molecule has 256 valence electrons. The fraction of sp³-hybridized carbons (Fsp3) is 0.595. The lowest BCUT2D eigenvalue weighted by Gasteiger charge is -2.42. The van der Waals surface area contributed by atoms with Crippen LogP contribution in [0.2, 0.25) is 5.02 Å². The van der Waals surface area contributed by atoms with E-state index in [9.17, 15) is 9.59 Å². The maximum absolute atomic E-state index is 14.4. The summed E-state index contributed by atoms with van der Waals surface area (Å²) in [5.74, 6) is -0.197. The molecule has 0 bridgehead atoms. The third-order valence-electron chi connectivity index (χ3n) is 9.77. The first-order chi connectivity index (χ1) is 22.8. The Labute approximate surface area is 286 Å². The smallest absolute Gasteiger partial charge is 0.288 e. The Hall–Kier alpha value is -3.14. The Morgan fingerprint density at radius 1 is 1.02 bits per heavy atom. The zero-order valence-electron chi connectivity index (χ0n) is 28.4. The van der Waals surface area contributed by atoms with Crippen LogP contribution >= 0.6 is 11.6 Å². The molecular formula is C37H53ClN6O3. The standard InChI is InChI=1S/C37H53ClN6O3/c1-4-27(2)40-32(18-9-12-21-42-19-10-6-11-20-42)36(46)44-23-22-43(37-41-28(3)34(47-37)30-15-7-5-8-16-30)26-33(44)35(45)39-25-29-14-13-17-31(38)24-29/h5,7-8,13-17,24,27-28,32-34,40H,4,6,9-12,18-23,25-26H2,1-3H3,(H,39,45)/t27?,28-,32+,33-,34+/m0/s1. The largest absolute Gasteiger partial charge is 0.455 e. The number of amidine groups is 1. The molecule has 5 atom stereocenters. The van der Waals surface area contributed by atoms with Crippen molar-refractivity contribution in [3.8, 4) is 0 Å². The second kappa shape index (κ2) is 17.3. The summed E-state index contributed by atoms with van der Waals surface area (Å²) >= 11 is 6.21. The van der Waals surface area contributed by atoms with Crippen molar-refractivity contribution in [3.05, 3.63) is 70.7 Å². The Kier molecular flexibility index (Phi) is 13.0. The summed E-state index contributed by atoms with van der Waals surface area (Å²) < 4.78 is 6.41. The average Bonchev–Trinajstić information content (AvgIpc) is 3.50. The second-order valence-electron chi connectivity index (χ2n) is 13.4. The molecule has 2 fully saturated rings. The molecule has 2 aromatic carbocycles. The number of aliphatic imine (C=N–C) groups is 1. The molecule has 2 amide bonds. The highest BCUT2D eigenvalue weighted by Gasteiger charge is 2.41. The summed E-state index contributed by atoms with van der Waals surface area (Å²) in [6, 6.07) is 17.2. The third-order valence-corrected chi connectivity index (χ3v) is 10.0.